The molecule has 0 aromatic heterocycles. The molecule has 5 nitrogen and oxygen atoms in total. The number of anilines is 1. The number of nitrogens with one attached hydrogen (secondary N) is 2. The van der Waals surface area contributed by atoms with Crippen LogP contribution in [0.5, 0.6) is 5.75 Å². The van der Waals surface area contributed by atoms with Crippen molar-refractivity contribution >= 4 is 23.2 Å². The number of ether oxygens (including phenoxy) is 1. The van der Waals surface area contributed by atoms with Gasteiger partial charge in [-0.05, 0) is 35.9 Å². The number of methoxy groups -OCH3 is 1. The minimum atomic E-state index is -0.498. The number of halogens is 1. The molecular weight excluding hydrogens is 326 g/mol. The highest BCUT2D eigenvalue weighted by molar-refractivity contribution is 6.31. The Bertz CT molecular complexity index is 780. The molecule has 24 heavy (non-hydrogen) atoms. The molecule has 2 N–H and O–H groups in total. The molecule has 0 atom stereocenters. The van der Waals surface area contributed by atoms with Crippen molar-refractivity contribution < 1.29 is 9.53 Å². The smallest absolute Gasteiger partial charge is 0.267 e. The first-order chi connectivity index (χ1) is 11.6. The standard InChI is InChI=1S/C18H16ClN3O2/c1-24-17-7-5-13(6-8-17)11-21-12-14(10-20)18(23)22-16-4-2-3-15(19)9-16/h2-9,12,21H,11H2,1H3,(H,22,23)/b14-12-. The lowest BCUT2D eigenvalue weighted by atomic mass is 10.2. The molecule has 0 spiro atoms. The van der Waals surface area contributed by atoms with Crippen molar-refractivity contribution in [1.82, 2.24) is 5.32 Å². The van der Waals surface area contributed by atoms with Crippen LogP contribution >= 0.6 is 11.6 Å². The molecule has 0 fully saturated rings. The Morgan fingerprint density at radius 2 is 2.04 bits per heavy atom. The fraction of sp³-hybridized carbons (Fsp3) is 0.111. The first kappa shape index (κ1) is 17.4. The summed E-state index contributed by atoms with van der Waals surface area (Å²) in [5.74, 6) is 0.273. The van der Waals surface area contributed by atoms with Gasteiger partial charge in [0.15, 0.2) is 0 Å². The van der Waals surface area contributed by atoms with Crippen LogP contribution < -0.4 is 15.4 Å². The number of rotatable bonds is 6. The molecule has 0 aliphatic carbocycles. The summed E-state index contributed by atoms with van der Waals surface area (Å²) in [7, 11) is 1.60. The van der Waals surface area contributed by atoms with Crippen LogP contribution in [-0.2, 0) is 11.3 Å². The van der Waals surface area contributed by atoms with Gasteiger partial charge in [-0.15, -0.1) is 0 Å². The summed E-state index contributed by atoms with van der Waals surface area (Å²) in [6.07, 6.45) is 1.39. The van der Waals surface area contributed by atoms with Crippen molar-refractivity contribution in [2.45, 2.75) is 6.54 Å². The third-order valence-corrected chi connectivity index (χ3v) is 3.39. The SMILES string of the molecule is COc1ccc(CN/C=C(/C#N)C(=O)Nc2cccc(Cl)c2)cc1. The summed E-state index contributed by atoms with van der Waals surface area (Å²) in [6, 6.07) is 16.1. The Labute approximate surface area is 145 Å². The summed E-state index contributed by atoms with van der Waals surface area (Å²) in [5, 5.41) is 15.2. The van der Waals surface area contributed by atoms with E-state index in [4.69, 9.17) is 21.6 Å². The number of hydrogen-bond donors (Lipinski definition) is 2. The fourth-order valence-corrected chi connectivity index (χ4v) is 2.12. The van der Waals surface area contributed by atoms with Crippen LogP contribution in [0.25, 0.3) is 0 Å². The van der Waals surface area contributed by atoms with E-state index >= 15 is 0 Å². The zero-order chi connectivity index (χ0) is 17.4. The Balaban J connectivity index is 1.95. The molecule has 0 unspecified atom stereocenters. The Morgan fingerprint density at radius 1 is 1.29 bits per heavy atom. The highest BCUT2D eigenvalue weighted by Crippen LogP contribution is 2.15. The lowest BCUT2D eigenvalue weighted by Crippen LogP contribution is -2.16. The van der Waals surface area contributed by atoms with Gasteiger partial charge in [-0.2, -0.15) is 5.26 Å². The van der Waals surface area contributed by atoms with Gasteiger partial charge >= 0.3 is 0 Å². The first-order valence-electron chi connectivity index (χ1n) is 7.16. The molecule has 1 amide bonds. The molecule has 0 aliphatic rings. The van der Waals surface area contributed by atoms with E-state index in [-0.39, 0.29) is 5.57 Å². The molecule has 0 saturated heterocycles. The number of amides is 1. The number of hydrogen-bond acceptors (Lipinski definition) is 4. The molecule has 0 bridgehead atoms. The van der Waals surface area contributed by atoms with Crippen LogP contribution in [0.3, 0.4) is 0 Å². The maximum Gasteiger partial charge on any atom is 0.267 e. The van der Waals surface area contributed by atoms with Gasteiger partial charge in [0, 0.05) is 23.5 Å². The third-order valence-electron chi connectivity index (χ3n) is 3.16. The number of nitrogens with zero attached hydrogens (tertiary/aromatic N) is 1. The van der Waals surface area contributed by atoms with Gasteiger partial charge in [0.1, 0.15) is 17.4 Å². The highest BCUT2D eigenvalue weighted by atomic mass is 35.5. The maximum absolute atomic E-state index is 12.1. The van der Waals surface area contributed by atoms with E-state index in [1.165, 1.54) is 6.20 Å². The number of nitriles is 1. The summed E-state index contributed by atoms with van der Waals surface area (Å²) >= 11 is 5.86. The molecule has 0 aliphatic heterocycles. The average Bonchev–Trinajstić information content (AvgIpc) is 2.59. The second kappa shape index (κ2) is 8.61. The van der Waals surface area contributed by atoms with Crippen molar-refractivity contribution in [1.29, 1.82) is 5.26 Å². The van der Waals surface area contributed by atoms with Gasteiger partial charge in [0.05, 0.1) is 7.11 Å². The summed E-state index contributed by atoms with van der Waals surface area (Å²) in [4.78, 5) is 12.1. The zero-order valence-corrected chi connectivity index (χ0v) is 13.8. The van der Waals surface area contributed by atoms with Gasteiger partial charge in [-0.1, -0.05) is 29.8 Å². The first-order valence-corrected chi connectivity index (χ1v) is 7.53. The van der Waals surface area contributed by atoms with Gasteiger partial charge in [0.25, 0.3) is 5.91 Å². The summed E-state index contributed by atoms with van der Waals surface area (Å²) in [5.41, 5.74) is 1.51. The summed E-state index contributed by atoms with van der Waals surface area (Å²) < 4.78 is 5.09. The Kier molecular flexibility index (Phi) is 6.23. The van der Waals surface area contributed by atoms with Crippen LogP contribution in [0.1, 0.15) is 5.56 Å². The molecule has 0 radical (unpaired) electrons. The second-order valence-corrected chi connectivity index (χ2v) is 5.30. The van der Waals surface area contributed by atoms with E-state index in [1.54, 1.807) is 31.4 Å². The fourth-order valence-electron chi connectivity index (χ4n) is 1.93. The molecule has 6 heteroatoms. The van der Waals surface area contributed by atoms with E-state index in [1.807, 2.05) is 30.3 Å². The minimum absolute atomic E-state index is 0.0245. The highest BCUT2D eigenvalue weighted by Gasteiger charge is 2.09. The number of carbonyl (C=O) groups is 1. The van der Waals surface area contributed by atoms with Crippen molar-refractivity contribution in [3.8, 4) is 11.8 Å². The molecule has 2 aromatic rings. The molecule has 0 heterocycles. The number of benzene rings is 2. The van der Waals surface area contributed by atoms with Crippen LogP contribution in [0.15, 0.2) is 60.3 Å². The van der Waals surface area contributed by atoms with Crippen molar-refractivity contribution in [3.63, 3.8) is 0 Å². The minimum Gasteiger partial charge on any atom is -0.497 e. The zero-order valence-electron chi connectivity index (χ0n) is 13.0. The van der Waals surface area contributed by atoms with E-state index in [0.29, 0.717) is 17.3 Å². The number of carbonyl (C=O) groups excluding carboxylic acids is 1. The Hall–Kier alpha value is -2.97. The van der Waals surface area contributed by atoms with Crippen LogP contribution in [0.4, 0.5) is 5.69 Å². The van der Waals surface area contributed by atoms with Crippen molar-refractivity contribution in [3.05, 3.63) is 70.9 Å². The Morgan fingerprint density at radius 3 is 2.67 bits per heavy atom. The third kappa shape index (κ3) is 5.04. The normalized spacial score (nSPS) is 10.6. The van der Waals surface area contributed by atoms with Gasteiger partial charge in [-0.3, -0.25) is 4.79 Å². The molecular formula is C18H16ClN3O2. The monoisotopic (exact) mass is 341 g/mol. The topological polar surface area (TPSA) is 74.1 Å². The van der Waals surface area contributed by atoms with Gasteiger partial charge in [-0.25, -0.2) is 0 Å². The predicted octanol–water partition coefficient (Wildman–Crippen LogP) is 3.48. The summed E-state index contributed by atoms with van der Waals surface area (Å²) in [6.45, 7) is 0.486. The van der Waals surface area contributed by atoms with Crippen molar-refractivity contribution in [2.24, 2.45) is 0 Å². The molecule has 0 saturated carbocycles. The molecule has 122 valence electrons. The lowest BCUT2D eigenvalue weighted by Gasteiger charge is -2.06. The van der Waals surface area contributed by atoms with E-state index in [0.717, 1.165) is 11.3 Å². The van der Waals surface area contributed by atoms with Crippen molar-refractivity contribution in [2.75, 3.05) is 12.4 Å². The second-order valence-electron chi connectivity index (χ2n) is 4.86. The van der Waals surface area contributed by atoms with Crippen LogP contribution in [0, 0.1) is 11.3 Å². The lowest BCUT2D eigenvalue weighted by molar-refractivity contribution is -0.112. The maximum atomic E-state index is 12.1. The van der Waals surface area contributed by atoms with Gasteiger partial charge < -0.3 is 15.4 Å². The average molecular weight is 342 g/mol. The van der Waals surface area contributed by atoms with Crippen LogP contribution in [-0.4, -0.2) is 13.0 Å². The largest absolute Gasteiger partial charge is 0.497 e. The quantitative estimate of drug-likeness (QED) is 0.623. The van der Waals surface area contributed by atoms with E-state index in [2.05, 4.69) is 10.6 Å². The molecule has 2 aromatic carbocycles. The molecule has 2 rings (SSSR count). The van der Waals surface area contributed by atoms with Gasteiger partial charge in [0.2, 0.25) is 0 Å². The van der Waals surface area contributed by atoms with Crippen LogP contribution in [0.2, 0.25) is 5.02 Å². The van der Waals surface area contributed by atoms with E-state index < -0.39 is 5.91 Å². The van der Waals surface area contributed by atoms with E-state index in [9.17, 15) is 4.79 Å². The predicted molar refractivity (Wildman–Crippen MR) is 93.6 cm³/mol.